The Morgan fingerprint density at radius 2 is 1.93 bits per heavy atom. The van der Waals surface area contributed by atoms with E-state index in [1.54, 1.807) is 6.92 Å². The predicted molar refractivity (Wildman–Crippen MR) is 109 cm³/mol. The van der Waals surface area contributed by atoms with Crippen LogP contribution in [0.3, 0.4) is 0 Å². The van der Waals surface area contributed by atoms with Gasteiger partial charge in [0.25, 0.3) is 11.6 Å². The largest absolute Gasteiger partial charge is 0.462 e. The van der Waals surface area contributed by atoms with Gasteiger partial charge in [-0.05, 0) is 25.5 Å². The van der Waals surface area contributed by atoms with Crippen LogP contribution in [0.4, 0.5) is 10.8 Å². The van der Waals surface area contributed by atoms with Crippen molar-refractivity contribution in [3.63, 3.8) is 0 Å². The predicted octanol–water partition coefficient (Wildman–Crippen LogP) is 4.46. The number of esters is 1. The summed E-state index contributed by atoms with van der Waals surface area (Å²) in [6, 6.07) is 11.2. The number of nitro groups is 1. The second-order valence-electron chi connectivity index (χ2n) is 6.05. The molecule has 3 aromatic rings. The van der Waals surface area contributed by atoms with Crippen LogP contribution in [0, 0.1) is 17.0 Å². The molecule has 9 heteroatoms. The van der Waals surface area contributed by atoms with E-state index in [0.29, 0.717) is 5.13 Å². The van der Waals surface area contributed by atoms with E-state index < -0.39 is 16.8 Å². The summed E-state index contributed by atoms with van der Waals surface area (Å²) >= 11 is 1.24. The molecule has 0 bridgehead atoms. The second-order valence-corrected chi connectivity index (χ2v) is 6.91. The molecule has 29 heavy (non-hydrogen) atoms. The van der Waals surface area contributed by atoms with E-state index in [9.17, 15) is 19.7 Å². The molecule has 1 aromatic heterocycles. The molecule has 0 fully saturated rings. The maximum Gasteiger partial charge on any atom is 0.338 e. The van der Waals surface area contributed by atoms with Gasteiger partial charge in [-0.1, -0.05) is 24.3 Å². The zero-order chi connectivity index (χ0) is 21.0. The lowest BCUT2D eigenvalue weighted by molar-refractivity contribution is -0.384. The van der Waals surface area contributed by atoms with Crippen LogP contribution >= 0.6 is 11.3 Å². The van der Waals surface area contributed by atoms with Crippen LogP contribution in [-0.4, -0.2) is 28.4 Å². The fourth-order valence-corrected chi connectivity index (χ4v) is 3.37. The molecule has 0 aliphatic heterocycles. The zero-order valence-corrected chi connectivity index (χ0v) is 16.5. The summed E-state index contributed by atoms with van der Waals surface area (Å²) in [5.41, 5.74) is 2.24. The van der Waals surface area contributed by atoms with E-state index in [0.717, 1.165) is 29.0 Å². The third-order valence-electron chi connectivity index (χ3n) is 4.05. The smallest absolute Gasteiger partial charge is 0.338 e. The SMILES string of the molecule is CCOC(=O)c1cc(C(=O)Nc2nc(-c3ccccc3C)cs2)cc([N+](=O)[O-])c1. The summed E-state index contributed by atoms with van der Waals surface area (Å²) in [6.07, 6.45) is 0. The summed E-state index contributed by atoms with van der Waals surface area (Å²) in [6.45, 7) is 3.70. The van der Waals surface area contributed by atoms with E-state index in [-0.39, 0.29) is 23.4 Å². The highest BCUT2D eigenvalue weighted by Crippen LogP contribution is 2.28. The van der Waals surface area contributed by atoms with Crippen molar-refractivity contribution in [2.45, 2.75) is 13.8 Å². The van der Waals surface area contributed by atoms with Crippen molar-refractivity contribution in [3.8, 4) is 11.3 Å². The minimum Gasteiger partial charge on any atom is -0.462 e. The summed E-state index contributed by atoms with van der Waals surface area (Å²) in [5.74, 6) is -1.34. The molecule has 0 saturated carbocycles. The van der Waals surface area contributed by atoms with Crippen molar-refractivity contribution in [3.05, 3.63) is 74.6 Å². The molecular weight excluding hydrogens is 394 g/mol. The number of hydrogen-bond donors (Lipinski definition) is 1. The number of amides is 1. The number of nitrogens with one attached hydrogen (secondary N) is 1. The van der Waals surface area contributed by atoms with E-state index in [2.05, 4.69) is 10.3 Å². The number of ether oxygens (including phenoxy) is 1. The lowest BCUT2D eigenvalue weighted by Crippen LogP contribution is -2.14. The third-order valence-corrected chi connectivity index (χ3v) is 4.81. The molecule has 148 valence electrons. The van der Waals surface area contributed by atoms with Gasteiger partial charge in [-0.25, -0.2) is 9.78 Å². The van der Waals surface area contributed by atoms with E-state index >= 15 is 0 Å². The minimum absolute atomic E-state index is 0.0325. The molecule has 0 spiro atoms. The Bertz CT molecular complexity index is 1090. The average Bonchev–Trinajstić information content (AvgIpc) is 3.16. The van der Waals surface area contributed by atoms with Crippen molar-refractivity contribution >= 4 is 34.0 Å². The molecule has 0 radical (unpaired) electrons. The number of benzene rings is 2. The zero-order valence-electron chi connectivity index (χ0n) is 15.7. The van der Waals surface area contributed by atoms with Crippen molar-refractivity contribution in [1.82, 2.24) is 4.98 Å². The first-order chi connectivity index (χ1) is 13.9. The maximum atomic E-state index is 12.6. The topological polar surface area (TPSA) is 111 Å². The number of non-ortho nitro benzene ring substituents is 1. The number of thiazole rings is 1. The van der Waals surface area contributed by atoms with Crippen LogP contribution in [0.2, 0.25) is 0 Å². The molecular formula is C20H17N3O5S. The van der Waals surface area contributed by atoms with Crippen LogP contribution in [0.15, 0.2) is 47.8 Å². The normalized spacial score (nSPS) is 10.4. The molecule has 2 aromatic carbocycles. The summed E-state index contributed by atoms with van der Waals surface area (Å²) in [4.78, 5) is 39.5. The number of aryl methyl sites for hydroxylation is 1. The molecule has 1 amide bonds. The molecule has 8 nitrogen and oxygen atoms in total. The average molecular weight is 411 g/mol. The molecule has 3 rings (SSSR count). The molecule has 0 saturated heterocycles. The van der Waals surface area contributed by atoms with Gasteiger partial charge in [0, 0.05) is 28.6 Å². The Hall–Kier alpha value is -3.59. The van der Waals surface area contributed by atoms with Gasteiger partial charge >= 0.3 is 5.97 Å². The fraction of sp³-hybridized carbons (Fsp3) is 0.150. The quantitative estimate of drug-likeness (QED) is 0.364. The van der Waals surface area contributed by atoms with Gasteiger partial charge in [0.1, 0.15) is 0 Å². The van der Waals surface area contributed by atoms with Gasteiger partial charge in [-0.2, -0.15) is 0 Å². The van der Waals surface area contributed by atoms with Crippen LogP contribution in [0.5, 0.6) is 0 Å². The van der Waals surface area contributed by atoms with Gasteiger partial charge in [0.2, 0.25) is 0 Å². The first-order valence-corrected chi connectivity index (χ1v) is 9.56. The molecule has 0 unspecified atom stereocenters. The summed E-state index contributed by atoms with van der Waals surface area (Å²) in [5, 5.41) is 16.0. The monoisotopic (exact) mass is 411 g/mol. The van der Waals surface area contributed by atoms with Crippen LogP contribution in [0.25, 0.3) is 11.3 Å². The van der Waals surface area contributed by atoms with Crippen molar-refractivity contribution < 1.29 is 19.2 Å². The van der Waals surface area contributed by atoms with Gasteiger partial charge in [-0.3, -0.25) is 20.2 Å². The number of anilines is 1. The molecule has 1 N–H and O–H groups in total. The Morgan fingerprint density at radius 1 is 1.21 bits per heavy atom. The number of rotatable bonds is 6. The molecule has 1 heterocycles. The van der Waals surface area contributed by atoms with Crippen LogP contribution in [0.1, 0.15) is 33.2 Å². The Labute approximate surface area is 170 Å². The highest BCUT2D eigenvalue weighted by Gasteiger charge is 2.19. The van der Waals surface area contributed by atoms with Crippen molar-refractivity contribution in [2.75, 3.05) is 11.9 Å². The highest BCUT2D eigenvalue weighted by molar-refractivity contribution is 7.14. The number of nitrogens with zero attached hydrogens (tertiary/aromatic N) is 2. The number of aromatic nitrogens is 1. The second kappa shape index (κ2) is 8.61. The third kappa shape index (κ3) is 4.64. The van der Waals surface area contributed by atoms with Crippen molar-refractivity contribution in [2.24, 2.45) is 0 Å². The summed E-state index contributed by atoms with van der Waals surface area (Å²) < 4.78 is 4.88. The van der Waals surface area contributed by atoms with Crippen molar-refractivity contribution in [1.29, 1.82) is 0 Å². The number of carbonyl (C=O) groups is 2. The minimum atomic E-state index is -0.735. The lowest BCUT2D eigenvalue weighted by Gasteiger charge is -2.06. The Kier molecular flexibility index (Phi) is 5.99. The highest BCUT2D eigenvalue weighted by atomic mass is 32.1. The maximum absolute atomic E-state index is 12.6. The first-order valence-electron chi connectivity index (χ1n) is 8.68. The van der Waals surface area contributed by atoms with Gasteiger partial charge in [-0.15, -0.1) is 11.3 Å². The number of nitro benzene ring substituents is 1. The van der Waals surface area contributed by atoms with Crippen LogP contribution in [-0.2, 0) is 4.74 Å². The molecule has 0 aliphatic rings. The van der Waals surface area contributed by atoms with E-state index in [1.807, 2.05) is 36.6 Å². The molecule has 0 atom stereocenters. The van der Waals surface area contributed by atoms with Gasteiger partial charge in [0.05, 0.1) is 22.8 Å². The van der Waals surface area contributed by atoms with Gasteiger partial charge in [0.15, 0.2) is 5.13 Å². The number of hydrogen-bond acceptors (Lipinski definition) is 7. The first kappa shape index (κ1) is 20.2. The Morgan fingerprint density at radius 3 is 2.62 bits per heavy atom. The van der Waals surface area contributed by atoms with Crippen LogP contribution < -0.4 is 5.32 Å². The van der Waals surface area contributed by atoms with E-state index in [1.165, 1.54) is 17.4 Å². The Balaban J connectivity index is 1.86. The standard InChI is InChI=1S/C20H17N3O5S/c1-3-28-19(25)14-8-13(9-15(10-14)23(26)27)18(24)22-20-21-17(11-29-20)16-7-5-4-6-12(16)2/h4-11H,3H2,1-2H3,(H,21,22,24). The molecule has 0 aliphatic carbocycles. The number of carbonyl (C=O) groups excluding carboxylic acids is 2. The summed E-state index contributed by atoms with van der Waals surface area (Å²) in [7, 11) is 0. The fourth-order valence-electron chi connectivity index (χ4n) is 2.66. The van der Waals surface area contributed by atoms with E-state index in [4.69, 9.17) is 4.74 Å². The van der Waals surface area contributed by atoms with Gasteiger partial charge < -0.3 is 4.74 Å². The lowest BCUT2D eigenvalue weighted by atomic mass is 10.1.